The maximum absolute atomic E-state index is 12.0. The minimum atomic E-state index is -0.505. The van der Waals surface area contributed by atoms with Gasteiger partial charge in [0.05, 0.1) is 17.3 Å². The Balaban J connectivity index is 1.82. The van der Waals surface area contributed by atoms with Crippen LogP contribution < -0.4 is 10.9 Å². The second-order valence-corrected chi connectivity index (χ2v) is 5.95. The van der Waals surface area contributed by atoms with Gasteiger partial charge >= 0.3 is 5.97 Å². The van der Waals surface area contributed by atoms with E-state index in [9.17, 15) is 14.4 Å². The molecule has 1 unspecified atom stereocenters. The first-order valence-corrected chi connectivity index (χ1v) is 8.42. The van der Waals surface area contributed by atoms with Crippen molar-refractivity contribution in [2.45, 2.75) is 45.6 Å². The van der Waals surface area contributed by atoms with Crippen LogP contribution in [0, 0.1) is 0 Å². The predicted octanol–water partition coefficient (Wildman–Crippen LogP) is 1.70. The fraction of sp³-hybridized carbons (Fsp3) is 0.444. The number of carbonyl (C=O) groups excluding carboxylic acids is 2. The fourth-order valence-electron chi connectivity index (χ4n) is 2.51. The highest BCUT2D eigenvalue weighted by Crippen LogP contribution is 2.06. The number of para-hydroxylation sites is 1. The number of nitrogens with one attached hydrogen (secondary N) is 2. The average molecular weight is 345 g/mol. The lowest BCUT2D eigenvalue weighted by molar-refractivity contribution is -0.148. The molecule has 0 radical (unpaired) electrons. The van der Waals surface area contributed by atoms with Crippen LogP contribution in [0.15, 0.2) is 29.1 Å². The summed E-state index contributed by atoms with van der Waals surface area (Å²) in [5, 5.41) is 3.27. The van der Waals surface area contributed by atoms with E-state index in [2.05, 4.69) is 15.3 Å². The topological polar surface area (TPSA) is 101 Å². The van der Waals surface area contributed by atoms with Gasteiger partial charge in [0.25, 0.3) is 11.5 Å². The zero-order valence-corrected chi connectivity index (χ0v) is 14.5. The Morgan fingerprint density at radius 2 is 2.08 bits per heavy atom. The van der Waals surface area contributed by atoms with Gasteiger partial charge in [0.1, 0.15) is 5.82 Å². The van der Waals surface area contributed by atoms with Gasteiger partial charge in [0.2, 0.25) is 0 Å². The molecule has 134 valence electrons. The van der Waals surface area contributed by atoms with E-state index >= 15 is 0 Å². The lowest BCUT2D eigenvalue weighted by atomic mass is 10.2. The Morgan fingerprint density at radius 1 is 1.32 bits per heavy atom. The van der Waals surface area contributed by atoms with E-state index in [4.69, 9.17) is 4.74 Å². The maximum atomic E-state index is 12.0. The van der Waals surface area contributed by atoms with Crippen molar-refractivity contribution < 1.29 is 14.3 Å². The normalized spacial score (nSPS) is 11.9. The highest BCUT2D eigenvalue weighted by atomic mass is 16.5. The lowest BCUT2D eigenvalue weighted by Gasteiger charge is -2.12. The Labute approximate surface area is 145 Å². The summed E-state index contributed by atoms with van der Waals surface area (Å²) in [6.45, 7) is 3.65. The van der Waals surface area contributed by atoms with Gasteiger partial charge in [-0.3, -0.25) is 14.4 Å². The monoisotopic (exact) mass is 345 g/mol. The third-order valence-corrected chi connectivity index (χ3v) is 3.72. The molecule has 0 aliphatic heterocycles. The molecule has 0 saturated heterocycles. The molecule has 0 aliphatic carbocycles. The number of amides is 1. The lowest BCUT2D eigenvalue weighted by Crippen LogP contribution is -2.35. The van der Waals surface area contributed by atoms with Crippen molar-refractivity contribution in [3.8, 4) is 0 Å². The number of H-pyrrole nitrogens is 1. The highest BCUT2D eigenvalue weighted by Gasteiger charge is 2.11. The van der Waals surface area contributed by atoms with E-state index in [1.165, 1.54) is 0 Å². The molecule has 1 atom stereocenters. The summed E-state index contributed by atoms with van der Waals surface area (Å²) in [7, 11) is 0. The zero-order valence-electron chi connectivity index (χ0n) is 14.5. The van der Waals surface area contributed by atoms with Crippen LogP contribution >= 0.6 is 0 Å². The number of hydrogen-bond acceptors (Lipinski definition) is 5. The quantitative estimate of drug-likeness (QED) is 0.709. The van der Waals surface area contributed by atoms with Gasteiger partial charge in [-0.2, -0.15) is 0 Å². The number of nitrogens with zero attached hydrogens (tertiary/aromatic N) is 1. The van der Waals surface area contributed by atoms with Gasteiger partial charge in [0.15, 0.2) is 6.61 Å². The molecule has 1 amide bonds. The summed E-state index contributed by atoms with van der Waals surface area (Å²) < 4.78 is 4.95. The number of carbonyl (C=O) groups is 2. The molecule has 1 aromatic carbocycles. The molecule has 7 nitrogen and oxygen atoms in total. The van der Waals surface area contributed by atoms with E-state index in [0.717, 1.165) is 12.8 Å². The number of ether oxygens (including phenoxy) is 1. The molecular weight excluding hydrogens is 322 g/mol. The van der Waals surface area contributed by atoms with Crippen molar-refractivity contribution in [1.82, 2.24) is 15.3 Å². The standard InChI is InChI=1S/C18H23N3O4/c1-3-6-12(2)19-16(22)11-25-17(23)10-9-15-20-14-8-5-4-7-13(14)18(24)21-15/h4-5,7-8,12H,3,6,9-11H2,1-2H3,(H,19,22)(H,20,21,24). The molecule has 7 heteroatoms. The van der Waals surface area contributed by atoms with Gasteiger partial charge < -0.3 is 15.0 Å². The summed E-state index contributed by atoms with van der Waals surface area (Å²) in [4.78, 5) is 42.3. The average Bonchev–Trinajstić information content (AvgIpc) is 2.58. The Kier molecular flexibility index (Phi) is 6.68. The van der Waals surface area contributed by atoms with Crippen molar-refractivity contribution in [2.75, 3.05) is 6.61 Å². The highest BCUT2D eigenvalue weighted by molar-refractivity contribution is 5.80. The Bertz CT molecular complexity index is 800. The maximum Gasteiger partial charge on any atom is 0.306 e. The summed E-state index contributed by atoms with van der Waals surface area (Å²) in [5.74, 6) is -0.401. The van der Waals surface area contributed by atoms with Crippen LogP contribution in [0.4, 0.5) is 0 Å². The van der Waals surface area contributed by atoms with Crippen molar-refractivity contribution in [2.24, 2.45) is 0 Å². The summed E-state index contributed by atoms with van der Waals surface area (Å²) in [5.41, 5.74) is 0.345. The zero-order chi connectivity index (χ0) is 18.2. The van der Waals surface area contributed by atoms with Crippen LogP contribution in [0.3, 0.4) is 0 Å². The molecule has 0 bridgehead atoms. The molecule has 0 saturated carbocycles. The number of aromatic amines is 1. The second-order valence-electron chi connectivity index (χ2n) is 5.95. The SMILES string of the molecule is CCCC(C)NC(=O)COC(=O)CCc1nc2ccccc2c(=O)[nH]1. The molecule has 1 heterocycles. The minimum Gasteiger partial charge on any atom is -0.456 e. The third-order valence-electron chi connectivity index (χ3n) is 3.72. The van der Waals surface area contributed by atoms with E-state index in [0.29, 0.717) is 16.7 Å². The summed E-state index contributed by atoms with van der Waals surface area (Å²) in [6, 6.07) is 7.06. The van der Waals surface area contributed by atoms with Gasteiger partial charge in [-0.15, -0.1) is 0 Å². The number of fused-ring (bicyclic) bond motifs is 1. The number of hydrogen-bond donors (Lipinski definition) is 2. The second kappa shape index (κ2) is 8.96. The van der Waals surface area contributed by atoms with Gasteiger partial charge in [0, 0.05) is 12.5 Å². The van der Waals surface area contributed by atoms with Crippen molar-refractivity contribution in [3.05, 3.63) is 40.4 Å². The molecule has 2 rings (SSSR count). The van der Waals surface area contributed by atoms with Crippen LogP contribution in [0.1, 0.15) is 38.9 Å². The number of esters is 1. The van der Waals surface area contributed by atoms with Crippen molar-refractivity contribution in [1.29, 1.82) is 0 Å². The summed E-state index contributed by atoms with van der Waals surface area (Å²) in [6.07, 6.45) is 2.13. The van der Waals surface area contributed by atoms with E-state index in [1.54, 1.807) is 24.3 Å². The first-order valence-electron chi connectivity index (χ1n) is 8.42. The fourth-order valence-corrected chi connectivity index (χ4v) is 2.51. The Morgan fingerprint density at radius 3 is 2.84 bits per heavy atom. The van der Waals surface area contributed by atoms with E-state index in [-0.39, 0.29) is 37.0 Å². The number of rotatable bonds is 8. The van der Waals surface area contributed by atoms with Gasteiger partial charge in [-0.1, -0.05) is 25.5 Å². The Hall–Kier alpha value is -2.70. The van der Waals surface area contributed by atoms with Crippen LogP contribution in [0.25, 0.3) is 10.9 Å². The first-order chi connectivity index (χ1) is 12.0. The third kappa shape index (κ3) is 5.70. The van der Waals surface area contributed by atoms with Crippen molar-refractivity contribution >= 4 is 22.8 Å². The van der Waals surface area contributed by atoms with Gasteiger partial charge in [-0.25, -0.2) is 4.98 Å². The van der Waals surface area contributed by atoms with Crippen LogP contribution in [0.2, 0.25) is 0 Å². The van der Waals surface area contributed by atoms with E-state index < -0.39 is 5.97 Å². The number of aromatic nitrogens is 2. The molecule has 0 aliphatic rings. The molecule has 2 N–H and O–H groups in total. The van der Waals surface area contributed by atoms with Crippen LogP contribution in [-0.2, 0) is 20.7 Å². The summed E-state index contributed by atoms with van der Waals surface area (Å²) >= 11 is 0. The van der Waals surface area contributed by atoms with Crippen molar-refractivity contribution in [3.63, 3.8) is 0 Å². The first kappa shape index (κ1) is 18.6. The van der Waals surface area contributed by atoms with E-state index in [1.807, 2.05) is 13.8 Å². The minimum absolute atomic E-state index is 0.0407. The van der Waals surface area contributed by atoms with Gasteiger partial charge in [-0.05, 0) is 25.5 Å². The molecule has 25 heavy (non-hydrogen) atoms. The molecule has 0 fully saturated rings. The van der Waals surface area contributed by atoms with Crippen LogP contribution in [0.5, 0.6) is 0 Å². The molecular formula is C18H23N3O4. The molecule has 2 aromatic rings. The molecule has 0 spiro atoms. The van der Waals surface area contributed by atoms with Crippen LogP contribution in [-0.4, -0.2) is 34.5 Å². The molecule has 1 aromatic heterocycles. The largest absolute Gasteiger partial charge is 0.456 e. The number of benzene rings is 1. The number of aryl methyl sites for hydroxylation is 1. The predicted molar refractivity (Wildman–Crippen MR) is 94.2 cm³/mol. The smallest absolute Gasteiger partial charge is 0.306 e.